The second-order valence-electron chi connectivity index (χ2n) is 6.72. The molecule has 1 N–H and O–H groups in total. The number of hydrogen-bond acceptors (Lipinski definition) is 6. The molecule has 0 saturated heterocycles. The highest BCUT2D eigenvalue weighted by atomic mass is 32.2. The van der Waals surface area contributed by atoms with Gasteiger partial charge in [-0.3, -0.25) is 14.9 Å². The largest absolute Gasteiger partial charge is 0.469 e. The molecule has 0 radical (unpaired) electrons. The number of non-ortho nitro benzene ring substituents is 1. The third kappa shape index (κ3) is 4.73. The predicted octanol–water partition coefficient (Wildman–Crippen LogP) is 2.23. The maximum atomic E-state index is 14.3. The molecule has 0 amide bonds. The summed E-state index contributed by atoms with van der Waals surface area (Å²) in [5, 5.41) is 11.0. The Hall–Kier alpha value is -2.07. The van der Waals surface area contributed by atoms with E-state index in [1.807, 2.05) is 0 Å². The van der Waals surface area contributed by atoms with Crippen molar-refractivity contribution < 1.29 is 27.3 Å². The summed E-state index contributed by atoms with van der Waals surface area (Å²) in [4.78, 5) is 22.0. The average molecular weight is 376 g/mol. The molecule has 0 spiro atoms. The molecule has 1 atom stereocenters. The van der Waals surface area contributed by atoms with E-state index in [1.54, 1.807) is 0 Å². The molecule has 0 fully saturated rings. The van der Waals surface area contributed by atoms with Gasteiger partial charge < -0.3 is 4.74 Å². The molecule has 140 valence electrons. The van der Waals surface area contributed by atoms with Crippen molar-refractivity contribution in [2.75, 3.05) is 7.11 Å². The number of nitro benzene ring substituents is 1. The molecular weight excluding hydrogens is 355 g/mol. The van der Waals surface area contributed by atoms with Crippen LogP contribution in [0.4, 0.5) is 10.1 Å². The van der Waals surface area contributed by atoms with Crippen LogP contribution >= 0.6 is 0 Å². The van der Waals surface area contributed by atoms with Gasteiger partial charge in [-0.05, 0) is 33.8 Å². The highest BCUT2D eigenvalue weighted by Crippen LogP contribution is 2.33. The number of hydrogen-bond donors (Lipinski definition) is 1. The van der Waals surface area contributed by atoms with E-state index in [-0.39, 0.29) is 5.56 Å². The smallest absolute Gasteiger partial charge is 0.307 e. The number of ether oxygens (including phenoxy) is 1. The molecule has 0 aliphatic rings. The van der Waals surface area contributed by atoms with Crippen molar-refractivity contribution in [3.05, 3.63) is 39.7 Å². The van der Waals surface area contributed by atoms with Crippen LogP contribution in [0.1, 0.15) is 39.7 Å². The molecule has 1 rings (SSSR count). The summed E-state index contributed by atoms with van der Waals surface area (Å²) in [6.07, 6.45) is -0.545. The van der Waals surface area contributed by atoms with E-state index in [0.29, 0.717) is 0 Å². The van der Waals surface area contributed by atoms with Gasteiger partial charge in [0.15, 0.2) is 0 Å². The predicted molar refractivity (Wildman–Crippen MR) is 88.8 cm³/mol. The van der Waals surface area contributed by atoms with E-state index in [0.717, 1.165) is 25.3 Å². The molecule has 1 aromatic rings. The molecule has 0 aliphatic heterocycles. The first-order valence-corrected chi connectivity index (χ1v) is 8.76. The van der Waals surface area contributed by atoms with Crippen LogP contribution in [-0.2, 0) is 25.1 Å². The first-order chi connectivity index (χ1) is 11.2. The number of sulfonamides is 1. The summed E-state index contributed by atoms with van der Waals surface area (Å²) in [5.41, 5.74) is -2.52. The van der Waals surface area contributed by atoms with Crippen molar-refractivity contribution in [1.29, 1.82) is 0 Å². The number of benzene rings is 1. The molecule has 0 heterocycles. The molecule has 1 aromatic carbocycles. The van der Waals surface area contributed by atoms with Crippen molar-refractivity contribution in [3.63, 3.8) is 0 Å². The number of esters is 1. The summed E-state index contributed by atoms with van der Waals surface area (Å²) in [6, 6.07) is 2.72. The lowest BCUT2D eigenvalue weighted by Crippen LogP contribution is -2.51. The molecule has 25 heavy (non-hydrogen) atoms. The number of nitrogens with one attached hydrogen (secondary N) is 1. The normalized spacial score (nSPS) is 14.6. The molecule has 10 heteroatoms. The Morgan fingerprint density at radius 3 is 2.32 bits per heavy atom. The minimum atomic E-state index is -4.00. The lowest BCUT2D eigenvalue weighted by molar-refractivity contribution is -0.385. The van der Waals surface area contributed by atoms with Gasteiger partial charge in [-0.15, -0.1) is 0 Å². The van der Waals surface area contributed by atoms with Gasteiger partial charge in [0.1, 0.15) is 5.82 Å². The Bertz CT molecular complexity index is 788. The lowest BCUT2D eigenvalue weighted by atomic mass is 9.89. The van der Waals surface area contributed by atoms with Crippen LogP contribution < -0.4 is 4.72 Å². The number of methoxy groups -OCH3 is 1. The Morgan fingerprint density at radius 1 is 1.32 bits per heavy atom. The highest BCUT2D eigenvalue weighted by molar-refractivity contribution is 7.90. The zero-order valence-corrected chi connectivity index (χ0v) is 15.4. The van der Waals surface area contributed by atoms with E-state index in [2.05, 4.69) is 9.46 Å². The first-order valence-electron chi connectivity index (χ1n) is 7.28. The molecule has 0 saturated carbocycles. The molecule has 0 aromatic heterocycles. The van der Waals surface area contributed by atoms with Crippen LogP contribution in [0, 0.1) is 15.9 Å². The lowest BCUT2D eigenvalue weighted by Gasteiger charge is -2.33. The molecule has 0 aliphatic carbocycles. The third-order valence-electron chi connectivity index (χ3n) is 3.65. The van der Waals surface area contributed by atoms with Gasteiger partial charge in [-0.2, -0.15) is 0 Å². The maximum absolute atomic E-state index is 14.3. The minimum absolute atomic E-state index is 0.320. The number of carbonyl (C=O) groups is 1. The topological polar surface area (TPSA) is 116 Å². The summed E-state index contributed by atoms with van der Waals surface area (Å²) in [5.74, 6) is -1.68. The monoisotopic (exact) mass is 376 g/mol. The van der Waals surface area contributed by atoms with Gasteiger partial charge in [-0.1, -0.05) is 0 Å². The minimum Gasteiger partial charge on any atom is -0.469 e. The van der Waals surface area contributed by atoms with Gasteiger partial charge in [-0.25, -0.2) is 17.5 Å². The van der Waals surface area contributed by atoms with Gasteiger partial charge in [0, 0.05) is 17.7 Å². The highest BCUT2D eigenvalue weighted by Gasteiger charge is 2.41. The van der Waals surface area contributed by atoms with Gasteiger partial charge >= 0.3 is 5.97 Å². The van der Waals surface area contributed by atoms with Crippen LogP contribution in [0.3, 0.4) is 0 Å². The van der Waals surface area contributed by atoms with Crippen LogP contribution in [0.5, 0.6) is 0 Å². The third-order valence-corrected chi connectivity index (χ3v) is 5.98. The van der Waals surface area contributed by atoms with Gasteiger partial charge in [0.05, 0.1) is 28.7 Å². The van der Waals surface area contributed by atoms with Crippen LogP contribution in [-0.4, -0.2) is 31.2 Å². The fourth-order valence-electron chi connectivity index (χ4n) is 2.05. The first kappa shape index (κ1) is 21.0. The van der Waals surface area contributed by atoms with Crippen molar-refractivity contribution in [2.45, 2.75) is 44.4 Å². The van der Waals surface area contributed by atoms with Crippen molar-refractivity contribution in [1.82, 2.24) is 4.72 Å². The van der Waals surface area contributed by atoms with Crippen molar-refractivity contribution >= 4 is 21.7 Å². The summed E-state index contributed by atoms with van der Waals surface area (Å²) < 4.78 is 45.0. The summed E-state index contributed by atoms with van der Waals surface area (Å²) >= 11 is 0. The second kappa shape index (κ2) is 7.04. The maximum Gasteiger partial charge on any atom is 0.307 e. The standard InChI is InChI=1S/C15H21FN2O6S/c1-14(2,3)25(22,23)17-15(4,9-13(19)24-5)11-8-10(18(20)21)6-7-12(11)16/h6-8,17H,9H2,1-5H3/t15-/m0/s1. The van der Waals surface area contributed by atoms with Crippen molar-refractivity contribution in [2.24, 2.45) is 0 Å². The number of rotatable bonds is 6. The number of halogens is 1. The number of carbonyl (C=O) groups excluding carboxylic acids is 1. The van der Waals surface area contributed by atoms with Crippen LogP contribution in [0.15, 0.2) is 18.2 Å². The zero-order valence-electron chi connectivity index (χ0n) is 14.6. The SMILES string of the molecule is COC(=O)C[C@](C)(NS(=O)(=O)C(C)(C)C)c1cc([N+](=O)[O-])ccc1F. The van der Waals surface area contributed by atoms with Crippen LogP contribution in [0.2, 0.25) is 0 Å². The van der Waals surface area contributed by atoms with E-state index in [4.69, 9.17) is 0 Å². The van der Waals surface area contributed by atoms with E-state index < -0.39 is 49.1 Å². The fraction of sp³-hybridized carbons (Fsp3) is 0.533. The summed E-state index contributed by atoms with van der Waals surface area (Å²) in [6.45, 7) is 5.56. The summed E-state index contributed by atoms with van der Waals surface area (Å²) in [7, 11) is -2.90. The molecule has 0 unspecified atom stereocenters. The number of nitro groups is 1. The Kier molecular flexibility index (Phi) is 5.91. The van der Waals surface area contributed by atoms with Gasteiger partial charge in [0.2, 0.25) is 10.0 Å². The van der Waals surface area contributed by atoms with Gasteiger partial charge in [0.25, 0.3) is 5.69 Å². The Morgan fingerprint density at radius 2 is 1.88 bits per heavy atom. The van der Waals surface area contributed by atoms with Crippen molar-refractivity contribution in [3.8, 4) is 0 Å². The average Bonchev–Trinajstić information content (AvgIpc) is 2.45. The van der Waals surface area contributed by atoms with E-state index >= 15 is 0 Å². The van der Waals surface area contributed by atoms with E-state index in [9.17, 15) is 27.7 Å². The zero-order chi connectivity index (χ0) is 19.6. The Labute approximate surface area is 145 Å². The molecule has 0 bridgehead atoms. The quantitative estimate of drug-likeness (QED) is 0.462. The Balaban J connectivity index is 3.56. The number of nitrogens with zero attached hydrogens (tertiary/aromatic N) is 1. The van der Waals surface area contributed by atoms with E-state index in [1.165, 1.54) is 27.7 Å². The van der Waals surface area contributed by atoms with Crippen LogP contribution in [0.25, 0.3) is 0 Å². The second-order valence-corrected chi connectivity index (χ2v) is 9.16. The molecular formula is C15H21FN2O6S. The molecule has 8 nitrogen and oxygen atoms in total. The fourth-order valence-corrected chi connectivity index (χ4v) is 3.13.